The second-order valence-corrected chi connectivity index (χ2v) is 54.9. The highest BCUT2D eigenvalue weighted by Gasteiger charge is 2.73. The Balaban J connectivity index is 0.0000000989. The van der Waals surface area contributed by atoms with E-state index in [0.29, 0.717) is 65.5 Å². The van der Waals surface area contributed by atoms with E-state index in [1.807, 2.05) is 0 Å². The first kappa shape index (κ1) is 98.9. The van der Waals surface area contributed by atoms with Crippen LogP contribution in [0, 0.1) is 97.8 Å². The van der Waals surface area contributed by atoms with Crippen molar-refractivity contribution in [1.82, 2.24) is 0 Å². The van der Waals surface area contributed by atoms with Gasteiger partial charge in [0.2, 0.25) is 0 Å². The molecule has 15 aliphatic carbocycles. The Bertz CT molecular complexity index is 7020. The summed E-state index contributed by atoms with van der Waals surface area (Å²) >= 11 is 0. The van der Waals surface area contributed by atoms with Crippen molar-refractivity contribution in [3.05, 3.63) is 399 Å². The minimum atomic E-state index is 0.215. The molecule has 10 fully saturated rings. The topological polar surface area (TPSA) is 0 Å². The molecule has 12 atom stereocenters. The monoisotopic (exact) mass is 1940 g/mol. The molecule has 0 N–H and O–H groups in total. The van der Waals surface area contributed by atoms with E-state index in [4.69, 9.17) is 0 Å². The van der Waals surface area contributed by atoms with E-state index in [-0.39, 0.29) is 10.8 Å². The van der Waals surface area contributed by atoms with Crippen LogP contribution in [-0.4, -0.2) is 0 Å². The van der Waals surface area contributed by atoms with Gasteiger partial charge in [0.05, 0.1) is 0 Å². The maximum Gasteiger partial charge on any atom is 0.00876 e. The molecule has 0 heteroatoms. The van der Waals surface area contributed by atoms with Crippen LogP contribution in [0.1, 0.15) is 400 Å². The Morgan fingerprint density at radius 1 is 0.259 bits per heavy atom. The van der Waals surface area contributed by atoms with Gasteiger partial charge in [-0.1, -0.05) is 418 Å². The highest BCUT2D eigenvalue weighted by Crippen LogP contribution is 2.80. The van der Waals surface area contributed by atoms with Gasteiger partial charge in [0.25, 0.3) is 0 Å². The predicted octanol–water partition coefficient (Wildman–Crippen LogP) is 39.0. The molecule has 758 valence electrons. The predicted molar refractivity (Wildman–Crippen MR) is 623 cm³/mol. The minimum absolute atomic E-state index is 0.215. The molecular weight excluding hydrogens is 1770 g/mol. The number of rotatable bonds is 11. The van der Waals surface area contributed by atoms with E-state index < -0.39 is 0 Å². The van der Waals surface area contributed by atoms with E-state index in [2.05, 4.69) is 393 Å². The van der Waals surface area contributed by atoms with Gasteiger partial charge in [-0.2, -0.15) is 0 Å². The van der Waals surface area contributed by atoms with E-state index in [1.54, 1.807) is 66.8 Å². The average molecular weight is 1940 g/mol. The van der Waals surface area contributed by atoms with Crippen molar-refractivity contribution in [3.8, 4) is 55.6 Å². The SMILES string of the molecule is CCCCc1ccc(C2C[C@]34CCC[C@@]3(C2)c2cc(C)ccc2-c2ccc(C)cc24)cc1.CCCCc1ccc(CC2C[C@]34CCC[C@@]3(C2)c2cc(C)ccc2-c2ccc(C)cc24)cc1.Cc1ccc2c(c1)C13CC(C)(C)CC1(CC(C)(C)C3)c1cc(C)ccc1-2.Cc1ccc2c(c1)[C@@]13CCC[C@@]1(CC(C)C3)c1cc(C)ccc1-2.Cc1ccc2c(c1)[C@]13CCC[C@@]1(c1cc(C)ccc1-2)C(Cc1ccc(C(C)(C)C)cc1)CC3. The molecule has 0 saturated heterocycles. The van der Waals surface area contributed by atoms with Crippen LogP contribution in [0.2, 0.25) is 0 Å². The standard InChI is InChI=1S/2C33H38.C32H36.C26H32.C23H26/c1-22-7-13-27-28-14-8-23(2)20-30(28)33-17-6-16-32(33,29(27)19-22)18-15-26(33)21-24-9-11-25(12-10-24)31(3,4)5;1-4-5-7-25-10-12-26(13-11-25)20-27-21-32-16-6-17-33(32,22-27)31-19-24(3)9-15-29(31)28-14-8-23(2)18-30(28)32;1-4-5-7-24-10-12-25(13-11-24)26-20-31-16-6-17-32(31,21-26)30-19-23(3)9-15-28(30)27-14-8-22(2)18-29(27)31;1-17-7-9-19-20-10-8-18(2)12-22(20)26-15-23(3,4)13-25(26,21(19)11-17)14-24(5,6)16-26;1-15-5-7-18-19-8-6-16(2)12-21(19)23-10-4-9-22(23,20(18)11-15)13-17(3)14-23/h7-14,19-20,26H,6,15-18,21H2,1-5H3;8-15,18-19,27H,4-7,16-17,20-22H2,1-3H3;8-15,18-19,26H,4-7,16-17,20-21H2,1-3H3;7-12H,13-16H2,1-6H3;5-8,11-12,17H,4,9-10,13-14H2,1-3H3/t26?,32-,33+;27?,32-,33+;26?,31-,32+;;17?,22-,23+/m1..../s1. The van der Waals surface area contributed by atoms with Crippen molar-refractivity contribution in [1.29, 1.82) is 0 Å². The summed E-state index contributed by atoms with van der Waals surface area (Å²) < 4.78 is 0. The maximum absolute atomic E-state index is 2.57. The summed E-state index contributed by atoms with van der Waals surface area (Å²) in [5.74, 6) is 2.99. The number of fused-ring (bicyclic) bond motifs is 15. The maximum atomic E-state index is 2.57. The molecule has 15 aliphatic rings. The molecule has 13 aromatic carbocycles. The molecule has 0 aliphatic heterocycles. The number of hydrogen-bond acceptors (Lipinski definition) is 0. The number of aryl methyl sites for hydroxylation is 12. The van der Waals surface area contributed by atoms with Crippen molar-refractivity contribution < 1.29 is 0 Å². The second-order valence-electron chi connectivity index (χ2n) is 54.9. The van der Waals surface area contributed by atoms with Gasteiger partial charge >= 0.3 is 0 Å². The highest BCUT2D eigenvalue weighted by atomic mass is 14.8. The minimum Gasteiger partial charge on any atom is -0.0654 e. The van der Waals surface area contributed by atoms with Crippen LogP contribution in [0.5, 0.6) is 0 Å². The van der Waals surface area contributed by atoms with E-state index in [0.717, 1.165) is 17.8 Å². The molecule has 0 radical (unpaired) electrons. The molecule has 0 amide bonds. The van der Waals surface area contributed by atoms with Crippen molar-refractivity contribution >= 4 is 0 Å². The van der Waals surface area contributed by atoms with Gasteiger partial charge in [-0.15, -0.1) is 0 Å². The van der Waals surface area contributed by atoms with Crippen LogP contribution in [0.15, 0.2) is 255 Å². The molecule has 0 spiro atoms. The summed E-state index contributed by atoms with van der Waals surface area (Å²) in [6.07, 6.45) is 42.5. The molecule has 13 aromatic rings. The van der Waals surface area contributed by atoms with Gasteiger partial charge < -0.3 is 0 Å². The third-order valence-corrected chi connectivity index (χ3v) is 43.2. The van der Waals surface area contributed by atoms with Gasteiger partial charge in [-0.25, -0.2) is 0 Å². The summed E-state index contributed by atoms with van der Waals surface area (Å²) in [6.45, 7) is 46.8. The van der Waals surface area contributed by atoms with Gasteiger partial charge in [-0.05, 0) is 421 Å². The summed E-state index contributed by atoms with van der Waals surface area (Å²) in [5.41, 5.74) is 59.5. The summed E-state index contributed by atoms with van der Waals surface area (Å²) in [5, 5.41) is 0. The normalized spacial score (nSPS) is 29.3. The smallest absolute Gasteiger partial charge is 0.00876 e. The molecule has 0 nitrogen and oxygen atoms in total. The quantitative estimate of drug-likeness (QED) is 0.121. The number of hydrogen-bond donors (Lipinski definition) is 0. The summed E-state index contributed by atoms with van der Waals surface area (Å²) in [4.78, 5) is 0. The first-order valence-electron chi connectivity index (χ1n) is 58.9. The fourth-order valence-corrected chi connectivity index (χ4v) is 38.3. The van der Waals surface area contributed by atoms with Crippen LogP contribution in [0.25, 0.3) is 55.6 Å². The Hall–Kier alpha value is -10.1. The first-order chi connectivity index (χ1) is 70.5. The third kappa shape index (κ3) is 15.3. The van der Waals surface area contributed by atoms with E-state index >= 15 is 0 Å². The summed E-state index contributed by atoms with van der Waals surface area (Å²) in [7, 11) is 0. The highest BCUT2D eigenvalue weighted by molar-refractivity contribution is 5.86. The molecule has 4 unspecified atom stereocenters. The van der Waals surface area contributed by atoms with Crippen LogP contribution in [0.3, 0.4) is 0 Å². The number of benzene rings is 13. The fourth-order valence-electron chi connectivity index (χ4n) is 38.3. The van der Waals surface area contributed by atoms with E-state index in [1.165, 1.54) is 339 Å². The van der Waals surface area contributed by atoms with Gasteiger partial charge in [0.15, 0.2) is 0 Å². The summed E-state index contributed by atoms with van der Waals surface area (Å²) in [6, 6.07) is 102. The molecule has 147 heavy (non-hydrogen) atoms. The number of unbranched alkanes of at least 4 members (excludes halogenated alkanes) is 2. The van der Waals surface area contributed by atoms with Crippen molar-refractivity contribution in [2.45, 2.75) is 409 Å². The molecular formula is C147H170. The van der Waals surface area contributed by atoms with Crippen LogP contribution in [0.4, 0.5) is 0 Å². The van der Waals surface area contributed by atoms with Crippen molar-refractivity contribution in [3.63, 3.8) is 0 Å². The fraction of sp³-hybridized carbons (Fsp3) is 0.469. The Morgan fingerprint density at radius 2 is 0.517 bits per heavy atom. The molecule has 28 rings (SSSR count). The molecule has 10 saturated carbocycles. The Kier molecular flexibility index (Phi) is 24.2. The van der Waals surface area contributed by atoms with Gasteiger partial charge in [0.1, 0.15) is 0 Å². The van der Waals surface area contributed by atoms with Crippen LogP contribution >= 0.6 is 0 Å². The third-order valence-electron chi connectivity index (χ3n) is 43.2. The lowest BCUT2D eigenvalue weighted by molar-refractivity contribution is 0.232. The van der Waals surface area contributed by atoms with Gasteiger partial charge in [-0.3, -0.25) is 0 Å². The average Bonchev–Trinajstić information content (AvgIpc) is 1.48. The molecule has 0 heterocycles. The van der Waals surface area contributed by atoms with E-state index in [9.17, 15) is 0 Å². The second kappa shape index (κ2) is 36.0. The first-order valence-corrected chi connectivity index (χ1v) is 58.9. The van der Waals surface area contributed by atoms with Crippen LogP contribution < -0.4 is 0 Å². The molecule has 0 aromatic heterocycles. The zero-order valence-electron chi connectivity index (χ0n) is 93.7. The lowest BCUT2D eigenvalue weighted by Gasteiger charge is -2.50. The van der Waals surface area contributed by atoms with Gasteiger partial charge in [0, 0.05) is 54.1 Å². The zero-order valence-corrected chi connectivity index (χ0v) is 93.7. The van der Waals surface area contributed by atoms with Crippen LogP contribution in [-0.2, 0) is 85.2 Å². The molecule has 0 bridgehead atoms. The lowest BCUT2D eigenvalue weighted by Crippen LogP contribution is -2.47. The lowest BCUT2D eigenvalue weighted by atomic mass is 9.52. The Morgan fingerprint density at radius 3 is 0.844 bits per heavy atom. The zero-order chi connectivity index (χ0) is 102. The van der Waals surface area contributed by atoms with Crippen molar-refractivity contribution in [2.24, 2.45) is 28.6 Å². The Labute approximate surface area is 886 Å². The van der Waals surface area contributed by atoms with Crippen molar-refractivity contribution in [2.75, 3.05) is 0 Å². The largest absolute Gasteiger partial charge is 0.0654 e.